The van der Waals surface area contributed by atoms with Crippen LogP contribution in [0.3, 0.4) is 0 Å². The quantitative estimate of drug-likeness (QED) is 0.0199. The van der Waals surface area contributed by atoms with Crippen molar-refractivity contribution in [1.29, 1.82) is 0 Å². The van der Waals surface area contributed by atoms with E-state index in [9.17, 15) is 14.4 Å². The summed E-state index contributed by atoms with van der Waals surface area (Å²) in [5.74, 6) is -0.967. The largest absolute Gasteiger partial charge is 0.462 e. The van der Waals surface area contributed by atoms with Crippen LogP contribution in [0.1, 0.15) is 252 Å². The van der Waals surface area contributed by atoms with E-state index in [0.29, 0.717) is 19.3 Å². The van der Waals surface area contributed by atoms with Gasteiger partial charge in [0.15, 0.2) is 6.10 Å². The molecule has 0 spiro atoms. The number of hydrogen-bond donors (Lipinski definition) is 0. The molecule has 0 amide bonds. The number of carbonyl (C=O) groups excluding carboxylic acids is 3. The number of unbranched alkanes of at least 4 members (excludes halogenated alkanes) is 27. The number of ether oxygens (including phenoxy) is 3. The van der Waals surface area contributed by atoms with Gasteiger partial charge >= 0.3 is 17.9 Å². The van der Waals surface area contributed by atoms with Crippen molar-refractivity contribution in [3.63, 3.8) is 0 Å². The highest BCUT2D eigenvalue weighted by atomic mass is 16.6. The molecule has 0 radical (unpaired) electrons. The van der Waals surface area contributed by atoms with Crippen molar-refractivity contribution in [2.24, 2.45) is 0 Å². The Kier molecular flexibility index (Phi) is 51.9. The molecule has 1 unspecified atom stereocenters. The lowest BCUT2D eigenvalue weighted by molar-refractivity contribution is -0.167. The van der Waals surface area contributed by atoms with E-state index in [0.717, 1.165) is 103 Å². The zero-order valence-electron chi connectivity index (χ0n) is 43.6. The Morgan fingerprint density at radius 3 is 0.985 bits per heavy atom. The van der Waals surface area contributed by atoms with Crippen LogP contribution in [0.15, 0.2) is 97.2 Å². The molecule has 0 rings (SSSR count). The second-order valence-corrected chi connectivity index (χ2v) is 18.3. The van der Waals surface area contributed by atoms with Gasteiger partial charge in [0.05, 0.1) is 0 Å². The lowest BCUT2D eigenvalue weighted by atomic mass is 10.1. The number of carbonyl (C=O) groups is 3. The summed E-state index contributed by atoms with van der Waals surface area (Å²) in [5.41, 5.74) is 0. The Morgan fingerprint density at radius 1 is 0.313 bits per heavy atom. The van der Waals surface area contributed by atoms with Crippen LogP contribution in [0.5, 0.6) is 0 Å². The zero-order valence-corrected chi connectivity index (χ0v) is 43.6. The highest BCUT2D eigenvalue weighted by molar-refractivity contribution is 5.71. The minimum atomic E-state index is -0.807. The second-order valence-electron chi connectivity index (χ2n) is 18.3. The van der Waals surface area contributed by atoms with Crippen LogP contribution in [0, 0.1) is 0 Å². The highest BCUT2D eigenvalue weighted by Gasteiger charge is 2.19. The number of esters is 3. The van der Waals surface area contributed by atoms with Gasteiger partial charge in [-0.2, -0.15) is 0 Å². The van der Waals surface area contributed by atoms with Crippen molar-refractivity contribution < 1.29 is 28.6 Å². The number of allylic oxidation sites excluding steroid dienone is 16. The molecule has 0 aromatic carbocycles. The molecular formula is C61H102O6. The number of rotatable bonds is 49. The Bertz CT molecular complexity index is 1350. The molecule has 382 valence electrons. The van der Waals surface area contributed by atoms with E-state index < -0.39 is 6.10 Å². The SMILES string of the molecule is CC\C=C/C=C\C=C/C=C\C=C/CCCCCC(=O)OCC(COC(=O)CCCCCCC/C=C\C=C/CCCCCCCCC)OC(=O)CCCCCCC/C=C\CCCCCCCCC. The summed E-state index contributed by atoms with van der Waals surface area (Å²) in [5, 5.41) is 0. The van der Waals surface area contributed by atoms with Gasteiger partial charge in [-0.1, -0.05) is 240 Å². The normalized spacial score (nSPS) is 12.8. The minimum Gasteiger partial charge on any atom is -0.462 e. The highest BCUT2D eigenvalue weighted by Crippen LogP contribution is 2.14. The average molecular weight is 931 g/mol. The molecule has 67 heavy (non-hydrogen) atoms. The van der Waals surface area contributed by atoms with Gasteiger partial charge in [-0.05, 0) is 89.9 Å². The molecule has 0 aliphatic carbocycles. The van der Waals surface area contributed by atoms with Gasteiger partial charge in [0.25, 0.3) is 0 Å². The molecule has 0 N–H and O–H groups in total. The van der Waals surface area contributed by atoms with E-state index in [1.165, 1.54) is 109 Å². The van der Waals surface area contributed by atoms with E-state index >= 15 is 0 Å². The minimum absolute atomic E-state index is 0.103. The maximum atomic E-state index is 12.8. The van der Waals surface area contributed by atoms with Crippen molar-refractivity contribution in [2.75, 3.05) is 13.2 Å². The molecule has 6 heteroatoms. The third-order valence-electron chi connectivity index (χ3n) is 11.7. The summed E-state index contributed by atoms with van der Waals surface area (Å²) >= 11 is 0. The van der Waals surface area contributed by atoms with Gasteiger partial charge in [-0.3, -0.25) is 14.4 Å². The summed E-state index contributed by atoms with van der Waals surface area (Å²) in [6.45, 7) is 6.44. The van der Waals surface area contributed by atoms with Crippen LogP contribution in [-0.4, -0.2) is 37.2 Å². The molecule has 0 aliphatic heterocycles. The third kappa shape index (κ3) is 53.2. The van der Waals surface area contributed by atoms with E-state index in [4.69, 9.17) is 14.2 Å². The van der Waals surface area contributed by atoms with Crippen LogP contribution < -0.4 is 0 Å². The summed E-state index contributed by atoms with van der Waals surface area (Å²) in [7, 11) is 0. The molecule has 0 aromatic heterocycles. The molecule has 0 bridgehead atoms. The Balaban J connectivity index is 4.49. The van der Waals surface area contributed by atoms with Gasteiger partial charge < -0.3 is 14.2 Å². The van der Waals surface area contributed by atoms with E-state index in [-0.39, 0.29) is 31.1 Å². The second kappa shape index (κ2) is 54.9. The molecule has 0 fully saturated rings. The molecule has 0 heterocycles. The predicted molar refractivity (Wildman–Crippen MR) is 288 cm³/mol. The van der Waals surface area contributed by atoms with E-state index in [2.05, 4.69) is 69.4 Å². The third-order valence-corrected chi connectivity index (χ3v) is 11.7. The van der Waals surface area contributed by atoms with Crippen molar-refractivity contribution in [1.82, 2.24) is 0 Å². The molecule has 6 nitrogen and oxygen atoms in total. The monoisotopic (exact) mass is 931 g/mol. The standard InChI is InChI=1S/C61H102O6/c1-4-7-10-13-16-19-22-25-28-30-31-34-36-39-42-45-48-51-54-60(63)66-57-58(56-65-59(62)53-50-47-44-41-38-35-32-27-24-21-18-15-12-9-6-3)67-61(64)55-52-49-46-43-40-37-33-29-26-23-20-17-14-11-8-5-2/h9,12,15,18,21,24,27-35,38,58H,4-8,10-11,13-14,16-17,19-20,22-23,25-26,36-37,39-57H2,1-3H3/b12-9-,18-15-,24-21-,30-28-,32-27-,33-29-,34-31-,38-35-. The van der Waals surface area contributed by atoms with E-state index in [1.807, 2.05) is 48.6 Å². The fourth-order valence-electron chi connectivity index (χ4n) is 7.51. The first-order chi connectivity index (χ1) is 33.0. The summed E-state index contributed by atoms with van der Waals surface area (Å²) < 4.78 is 16.8. The first-order valence-corrected chi connectivity index (χ1v) is 27.8. The molecule has 1 atom stereocenters. The van der Waals surface area contributed by atoms with Crippen molar-refractivity contribution in [3.8, 4) is 0 Å². The van der Waals surface area contributed by atoms with Gasteiger partial charge in [0.2, 0.25) is 0 Å². The van der Waals surface area contributed by atoms with Crippen molar-refractivity contribution >= 4 is 17.9 Å². The zero-order chi connectivity index (χ0) is 48.6. The molecule has 0 aromatic rings. The summed E-state index contributed by atoms with van der Waals surface area (Å²) in [6.07, 6.45) is 72.5. The fraction of sp³-hybridized carbons (Fsp3) is 0.689. The average Bonchev–Trinajstić information content (AvgIpc) is 3.33. The topological polar surface area (TPSA) is 78.9 Å². The van der Waals surface area contributed by atoms with Crippen LogP contribution >= 0.6 is 0 Å². The lowest BCUT2D eigenvalue weighted by Gasteiger charge is -2.18. The van der Waals surface area contributed by atoms with Gasteiger partial charge in [0, 0.05) is 19.3 Å². The van der Waals surface area contributed by atoms with Gasteiger partial charge in [-0.15, -0.1) is 0 Å². The Labute approximate surface area is 413 Å². The van der Waals surface area contributed by atoms with Crippen molar-refractivity contribution in [2.45, 2.75) is 258 Å². The van der Waals surface area contributed by atoms with Gasteiger partial charge in [-0.25, -0.2) is 0 Å². The maximum Gasteiger partial charge on any atom is 0.306 e. The van der Waals surface area contributed by atoms with E-state index in [1.54, 1.807) is 0 Å². The first-order valence-electron chi connectivity index (χ1n) is 27.8. The van der Waals surface area contributed by atoms with Crippen LogP contribution in [0.2, 0.25) is 0 Å². The van der Waals surface area contributed by atoms with Gasteiger partial charge in [0.1, 0.15) is 13.2 Å². The van der Waals surface area contributed by atoms with Crippen LogP contribution in [0.25, 0.3) is 0 Å². The smallest absolute Gasteiger partial charge is 0.306 e. The predicted octanol–water partition coefficient (Wildman–Crippen LogP) is 18.5. The maximum absolute atomic E-state index is 12.8. The van der Waals surface area contributed by atoms with Crippen LogP contribution in [0.4, 0.5) is 0 Å². The summed E-state index contributed by atoms with van der Waals surface area (Å²) in [4.78, 5) is 38.1. The summed E-state index contributed by atoms with van der Waals surface area (Å²) in [6, 6.07) is 0. The molecular weight excluding hydrogens is 829 g/mol. The Morgan fingerprint density at radius 2 is 0.597 bits per heavy atom. The van der Waals surface area contributed by atoms with Crippen LogP contribution in [-0.2, 0) is 28.6 Å². The number of hydrogen-bond acceptors (Lipinski definition) is 6. The fourth-order valence-corrected chi connectivity index (χ4v) is 7.51. The molecule has 0 aliphatic rings. The molecule has 0 saturated carbocycles. The first kappa shape index (κ1) is 63.3. The Hall–Kier alpha value is -3.67. The molecule has 0 saturated heterocycles. The lowest BCUT2D eigenvalue weighted by Crippen LogP contribution is -2.30. The van der Waals surface area contributed by atoms with Crippen molar-refractivity contribution in [3.05, 3.63) is 97.2 Å².